The van der Waals surface area contributed by atoms with Gasteiger partial charge in [-0.05, 0) is 58.3 Å². The molecule has 0 saturated carbocycles. The number of carbonyl (C=O) groups is 1. The van der Waals surface area contributed by atoms with Crippen LogP contribution in [0.15, 0.2) is 64.6 Å². The molecule has 0 aliphatic carbocycles. The van der Waals surface area contributed by atoms with Gasteiger partial charge in [-0.2, -0.15) is 0 Å². The van der Waals surface area contributed by atoms with E-state index in [1.165, 1.54) is 0 Å². The summed E-state index contributed by atoms with van der Waals surface area (Å²) in [6.07, 6.45) is 1.63. The van der Waals surface area contributed by atoms with Gasteiger partial charge in [0.1, 0.15) is 5.76 Å². The van der Waals surface area contributed by atoms with E-state index in [0.29, 0.717) is 13.1 Å². The summed E-state index contributed by atoms with van der Waals surface area (Å²) in [5.74, 6) is 0.811. The summed E-state index contributed by atoms with van der Waals surface area (Å²) in [5, 5.41) is 2.02. The van der Waals surface area contributed by atoms with Gasteiger partial charge in [0, 0.05) is 8.45 Å². The van der Waals surface area contributed by atoms with Crippen LogP contribution >= 0.6 is 33.9 Å². The molecule has 112 valence electrons. The van der Waals surface area contributed by atoms with Gasteiger partial charge in [-0.15, -0.1) is 11.3 Å². The Balaban J connectivity index is 1.87. The maximum absolute atomic E-state index is 12.9. The molecule has 0 bridgehead atoms. The number of hydrogen-bond acceptors (Lipinski definition) is 3. The first-order valence-electron chi connectivity index (χ1n) is 6.82. The average molecular weight is 423 g/mol. The van der Waals surface area contributed by atoms with Crippen molar-refractivity contribution in [1.29, 1.82) is 0 Å². The quantitative estimate of drug-likeness (QED) is 0.553. The highest BCUT2D eigenvalue weighted by Gasteiger charge is 2.20. The Bertz CT molecular complexity index is 702. The molecule has 0 unspecified atom stereocenters. The van der Waals surface area contributed by atoms with Crippen LogP contribution in [0, 0.1) is 3.57 Å². The smallest absolute Gasteiger partial charge is 0.255 e. The Labute approximate surface area is 146 Å². The molecule has 0 spiro atoms. The van der Waals surface area contributed by atoms with Gasteiger partial charge < -0.3 is 9.32 Å². The summed E-state index contributed by atoms with van der Waals surface area (Å²) < 4.78 is 6.37. The Kier molecular flexibility index (Phi) is 4.94. The van der Waals surface area contributed by atoms with Crippen LogP contribution in [0.2, 0.25) is 0 Å². The molecule has 5 heteroatoms. The van der Waals surface area contributed by atoms with E-state index in [1.807, 2.05) is 58.8 Å². The van der Waals surface area contributed by atoms with Crippen LogP contribution in [0.25, 0.3) is 0 Å². The second-order valence-electron chi connectivity index (χ2n) is 4.80. The zero-order valence-corrected chi connectivity index (χ0v) is 14.7. The number of nitrogens with zero attached hydrogens (tertiary/aromatic N) is 1. The molecule has 0 N–H and O–H groups in total. The summed E-state index contributed by atoms with van der Waals surface area (Å²) in [4.78, 5) is 15.9. The highest BCUT2D eigenvalue weighted by molar-refractivity contribution is 14.1. The number of amides is 1. The highest BCUT2D eigenvalue weighted by Crippen LogP contribution is 2.20. The fourth-order valence-electron chi connectivity index (χ4n) is 2.19. The maximum atomic E-state index is 12.9. The molecular weight excluding hydrogens is 409 g/mol. The Morgan fingerprint density at radius 2 is 1.95 bits per heavy atom. The number of hydrogen-bond donors (Lipinski definition) is 0. The Morgan fingerprint density at radius 3 is 2.64 bits per heavy atom. The summed E-state index contributed by atoms with van der Waals surface area (Å²) >= 11 is 3.85. The van der Waals surface area contributed by atoms with Crippen molar-refractivity contribution < 1.29 is 9.21 Å². The molecular formula is C17H14INO2S. The van der Waals surface area contributed by atoms with Gasteiger partial charge in [0.25, 0.3) is 5.91 Å². The van der Waals surface area contributed by atoms with Crippen LogP contribution < -0.4 is 0 Å². The molecule has 1 amide bonds. The average Bonchev–Trinajstić information content (AvgIpc) is 3.20. The molecule has 3 rings (SSSR count). The minimum Gasteiger partial charge on any atom is -0.467 e. The second kappa shape index (κ2) is 7.11. The highest BCUT2D eigenvalue weighted by atomic mass is 127. The van der Waals surface area contributed by atoms with E-state index in [9.17, 15) is 4.79 Å². The van der Waals surface area contributed by atoms with Crippen molar-refractivity contribution in [2.75, 3.05) is 0 Å². The molecule has 0 atom stereocenters. The third-order valence-corrected chi connectivity index (χ3v) is 5.05. The number of carbonyl (C=O) groups excluding carboxylic acids is 1. The monoisotopic (exact) mass is 423 g/mol. The van der Waals surface area contributed by atoms with Crippen LogP contribution in [-0.4, -0.2) is 10.8 Å². The predicted molar refractivity (Wildman–Crippen MR) is 95.8 cm³/mol. The van der Waals surface area contributed by atoms with E-state index in [2.05, 4.69) is 22.6 Å². The lowest BCUT2D eigenvalue weighted by atomic mass is 10.2. The molecule has 0 aliphatic rings. The first-order chi connectivity index (χ1) is 10.7. The van der Waals surface area contributed by atoms with E-state index >= 15 is 0 Å². The van der Waals surface area contributed by atoms with Crippen LogP contribution in [0.1, 0.15) is 21.0 Å². The third kappa shape index (κ3) is 3.59. The number of thiophene rings is 1. The molecule has 0 saturated heterocycles. The lowest BCUT2D eigenvalue weighted by Gasteiger charge is -2.21. The van der Waals surface area contributed by atoms with Crippen molar-refractivity contribution in [2.45, 2.75) is 13.1 Å². The van der Waals surface area contributed by atoms with Crippen molar-refractivity contribution in [1.82, 2.24) is 4.90 Å². The lowest BCUT2D eigenvalue weighted by Crippen LogP contribution is -2.30. The van der Waals surface area contributed by atoms with Gasteiger partial charge in [-0.1, -0.05) is 18.2 Å². The van der Waals surface area contributed by atoms with Crippen molar-refractivity contribution >= 4 is 39.8 Å². The fraction of sp³-hybridized carbons (Fsp3) is 0.118. The van der Waals surface area contributed by atoms with Crippen molar-refractivity contribution in [3.63, 3.8) is 0 Å². The molecule has 22 heavy (non-hydrogen) atoms. The van der Waals surface area contributed by atoms with Crippen LogP contribution in [0.3, 0.4) is 0 Å². The Hall–Kier alpha value is -1.60. The minimum atomic E-state index is 0.0230. The van der Waals surface area contributed by atoms with E-state index in [0.717, 1.165) is 19.8 Å². The minimum absolute atomic E-state index is 0.0230. The standard InChI is InChI=1S/C17H14INO2S/c18-16-8-2-1-7-15(16)17(20)19(11-13-5-3-9-21-13)12-14-6-4-10-22-14/h1-10H,11-12H2. The Morgan fingerprint density at radius 1 is 1.09 bits per heavy atom. The summed E-state index contributed by atoms with van der Waals surface area (Å²) in [5.41, 5.74) is 0.728. The third-order valence-electron chi connectivity index (χ3n) is 3.25. The van der Waals surface area contributed by atoms with Gasteiger partial charge >= 0.3 is 0 Å². The first kappa shape index (κ1) is 15.3. The molecule has 2 aromatic heterocycles. The predicted octanol–water partition coefficient (Wildman–Crippen LogP) is 4.79. The SMILES string of the molecule is O=C(c1ccccc1I)N(Cc1ccco1)Cc1cccs1. The van der Waals surface area contributed by atoms with Crippen molar-refractivity contribution in [3.05, 3.63) is 79.9 Å². The van der Waals surface area contributed by atoms with Crippen LogP contribution in [0.5, 0.6) is 0 Å². The van der Waals surface area contributed by atoms with Gasteiger partial charge in [0.15, 0.2) is 0 Å². The summed E-state index contributed by atoms with van der Waals surface area (Å²) in [6.45, 7) is 1.05. The molecule has 3 aromatic rings. The lowest BCUT2D eigenvalue weighted by molar-refractivity contribution is 0.0718. The van der Waals surface area contributed by atoms with Crippen LogP contribution in [-0.2, 0) is 13.1 Å². The number of rotatable bonds is 5. The van der Waals surface area contributed by atoms with Crippen LogP contribution in [0.4, 0.5) is 0 Å². The largest absolute Gasteiger partial charge is 0.467 e. The fourth-order valence-corrected chi connectivity index (χ4v) is 3.52. The molecule has 2 heterocycles. The zero-order valence-electron chi connectivity index (χ0n) is 11.7. The normalized spacial score (nSPS) is 10.6. The summed E-state index contributed by atoms with van der Waals surface area (Å²) in [6, 6.07) is 15.4. The zero-order chi connectivity index (χ0) is 15.4. The van der Waals surface area contributed by atoms with Crippen molar-refractivity contribution in [2.24, 2.45) is 0 Å². The molecule has 0 aliphatic heterocycles. The van der Waals surface area contributed by atoms with Gasteiger partial charge in [0.2, 0.25) is 0 Å². The maximum Gasteiger partial charge on any atom is 0.255 e. The summed E-state index contributed by atoms with van der Waals surface area (Å²) in [7, 11) is 0. The van der Waals surface area contributed by atoms with E-state index in [-0.39, 0.29) is 5.91 Å². The van der Waals surface area contributed by atoms with E-state index < -0.39 is 0 Å². The van der Waals surface area contributed by atoms with Gasteiger partial charge in [0.05, 0.1) is 24.9 Å². The topological polar surface area (TPSA) is 33.5 Å². The molecule has 3 nitrogen and oxygen atoms in total. The van der Waals surface area contributed by atoms with Gasteiger partial charge in [-0.25, -0.2) is 0 Å². The van der Waals surface area contributed by atoms with Gasteiger partial charge in [-0.3, -0.25) is 4.79 Å². The number of halogens is 1. The van der Waals surface area contributed by atoms with E-state index in [1.54, 1.807) is 17.6 Å². The van der Waals surface area contributed by atoms with E-state index in [4.69, 9.17) is 4.42 Å². The number of benzene rings is 1. The second-order valence-corrected chi connectivity index (χ2v) is 6.99. The molecule has 1 aromatic carbocycles. The molecule has 0 radical (unpaired) electrons. The first-order valence-corrected chi connectivity index (χ1v) is 8.78. The number of furan rings is 1. The molecule has 0 fully saturated rings. The van der Waals surface area contributed by atoms with Crippen molar-refractivity contribution in [3.8, 4) is 0 Å².